The molecule has 1 N–H and O–H groups in total. The van der Waals surface area contributed by atoms with Crippen molar-refractivity contribution in [2.45, 2.75) is 31.5 Å². The number of thiophene rings is 1. The van der Waals surface area contributed by atoms with Crippen molar-refractivity contribution in [1.82, 2.24) is 4.90 Å². The standard InChI is InChI=1S/C17H21NO3S/c1-13(2)6-9-17(20,15-5-4-12-22-15)16(19)21-14-7-10-18(3)11-8-14/h4-5,12,14,20H,1,7-8,10-11H2,2-3H3/t17-/m1/s1. The number of rotatable bonds is 3. The van der Waals surface area contributed by atoms with Crippen molar-refractivity contribution in [3.05, 3.63) is 34.5 Å². The highest BCUT2D eigenvalue weighted by atomic mass is 32.1. The Morgan fingerprint density at radius 2 is 2.23 bits per heavy atom. The summed E-state index contributed by atoms with van der Waals surface area (Å²) in [7, 11) is 2.04. The maximum absolute atomic E-state index is 12.5. The fourth-order valence-electron chi connectivity index (χ4n) is 2.23. The van der Waals surface area contributed by atoms with Crippen LogP contribution in [0.4, 0.5) is 0 Å². The Labute approximate surface area is 135 Å². The largest absolute Gasteiger partial charge is 0.459 e. The van der Waals surface area contributed by atoms with Crippen molar-refractivity contribution in [3.8, 4) is 11.8 Å². The van der Waals surface area contributed by atoms with Crippen LogP contribution < -0.4 is 0 Å². The van der Waals surface area contributed by atoms with Gasteiger partial charge in [0.15, 0.2) is 0 Å². The summed E-state index contributed by atoms with van der Waals surface area (Å²) in [4.78, 5) is 15.2. The Kier molecular flexibility index (Phi) is 5.41. The molecule has 1 fully saturated rings. The van der Waals surface area contributed by atoms with Gasteiger partial charge in [0, 0.05) is 13.1 Å². The van der Waals surface area contributed by atoms with Crippen molar-refractivity contribution >= 4 is 17.3 Å². The van der Waals surface area contributed by atoms with E-state index in [1.165, 1.54) is 11.3 Å². The Morgan fingerprint density at radius 3 is 2.77 bits per heavy atom. The number of piperidine rings is 1. The van der Waals surface area contributed by atoms with E-state index in [-0.39, 0.29) is 6.10 Å². The number of carbonyl (C=O) groups is 1. The van der Waals surface area contributed by atoms with Crippen LogP contribution in [0, 0.1) is 11.8 Å². The molecule has 4 nitrogen and oxygen atoms in total. The Morgan fingerprint density at radius 1 is 1.55 bits per heavy atom. The van der Waals surface area contributed by atoms with E-state index < -0.39 is 11.6 Å². The van der Waals surface area contributed by atoms with Gasteiger partial charge >= 0.3 is 5.97 Å². The predicted molar refractivity (Wildman–Crippen MR) is 87.4 cm³/mol. The van der Waals surface area contributed by atoms with Gasteiger partial charge in [-0.15, -0.1) is 11.3 Å². The van der Waals surface area contributed by atoms with Crippen LogP contribution in [0.1, 0.15) is 24.6 Å². The van der Waals surface area contributed by atoms with Gasteiger partial charge in [-0.1, -0.05) is 18.6 Å². The SMILES string of the molecule is C=C(C)C#C[C@](O)(C(=O)OC1CCN(C)CC1)c1cccs1. The molecule has 0 radical (unpaired) electrons. The van der Waals surface area contributed by atoms with Gasteiger partial charge in [-0.05, 0) is 49.8 Å². The molecule has 1 aromatic heterocycles. The van der Waals surface area contributed by atoms with Gasteiger partial charge in [-0.2, -0.15) is 0 Å². The lowest BCUT2D eigenvalue weighted by atomic mass is 10.0. The molecule has 1 saturated heterocycles. The first kappa shape index (κ1) is 16.8. The molecule has 0 spiro atoms. The summed E-state index contributed by atoms with van der Waals surface area (Å²) in [5.41, 5.74) is -1.33. The highest BCUT2D eigenvalue weighted by Crippen LogP contribution is 2.28. The van der Waals surface area contributed by atoms with Crippen LogP contribution in [0.3, 0.4) is 0 Å². The van der Waals surface area contributed by atoms with Crippen LogP contribution in [-0.2, 0) is 15.1 Å². The van der Waals surface area contributed by atoms with Crippen LogP contribution in [0.25, 0.3) is 0 Å². The zero-order valence-corrected chi connectivity index (χ0v) is 13.8. The van der Waals surface area contributed by atoms with Crippen molar-refractivity contribution < 1.29 is 14.6 Å². The average molecular weight is 319 g/mol. The van der Waals surface area contributed by atoms with E-state index in [0.717, 1.165) is 25.9 Å². The Balaban J connectivity index is 2.17. The second-order valence-corrected chi connectivity index (χ2v) is 6.57. The van der Waals surface area contributed by atoms with Gasteiger partial charge in [0.05, 0.1) is 4.88 Å². The van der Waals surface area contributed by atoms with E-state index >= 15 is 0 Å². The number of esters is 1. The van der Waals surface area contributed by atoms with Crippen LogP contribution in [0.15, 0.2) is 29.7 Å². The molecule has 22 heavy (non-hydrogen) atoms. The highest BCUT2D eigenvalue weighted by molar-refractivity contribution is 7.10. The Hall–Kier alpha value is -1.61. The number of likely N-dealkylation sites (tertiary alicyclic amines) is 1. The number of aliphatic hydroxyl groups is 1. The molecule has 2 heterocycles. The van der Waals surface area contributed by atoms with Crippen LogP contribution in [0.2, 0.25) is 0 Å². The van der Waals surface area contributed by atoms with Gasteiger partial charge < -0.3 is 14.7 Å². The first-order valence-electron chi connectivity index (χ1n) is 7.26. The topological polar surface area (TPSA) is 49.8 Å². The van der Waals surface area contributed by atoms with E-state index in [1.54, 1.807) is 24.4 Å². The summed E-state index contributed by atoms with van der Waals surface area (Å²) in [5, 5.41) is 12.6. The number of allylic oxidation sites excluding steroid dienone is 1. The van der Waals surface area contributed by atoms with E-state index in [4.69, 9.17) is 4.74 Å². The molecule has 0 aromatic carbocycles. The number of carbonyl (C=O) groups excluding carboxylic acids is 1. The number of ether oxygens (including phenoxy) is 1. The van der Waals surface area contributed by atoms with Gasteiger partial charge in [-0.3, -0.25) is 0 Å². The van der Waals surface area contributed by atoms with Crippen LogP contribution in [0.5, 0.6) is 0 Å². The van der Waals surface area contributed by atoms with E-state index in [2.05, 4.69) is 23.3 Å². The summed E-state index contributed by atoms with van der Waals surface area (Å²) in [6, 6.07) is 3.46. The quantitative estimate of drug-likeness (QED) is 0.685. The second-order valence-electron chi connectivity index (χ2n) is 5.63. The molecule has 0 unspecified atom stereocenters. The van der Waals surface area contributed by atoms with Crippen LogP contribution >= 0.6 is 11.3 Å². The average Bonchev–Trinajstić information content (AvgIpc) is 3.02. The van der Waals surface area contributed by atoms with Gasteiger partial charge in [0.1, 0.15) is 6.10 Å². The van der Waals surface area contributed by atoms with Crippen LogP contribution in [-0.4, -0.2) is 42.2 Å². The zero-order chi connectivity index (χ0) is 16.2. The number of nitrogens with zero attached hydrogens (tertiary/aromatic N) is 1. The Bertz CT molecular complexity index is 591. The maximum Gasteiger partial charge on any atom is 0.357 e. The predicted octanol–water partition coefficient (Wildman–Crippen LogP) is 2.15. The molecule has 2 rings (SSSR count). The molecule has 0 bridgehead atoms. The molecule has 5 heteroatoms. The molecule has 1 aliphatic heterocycles. The third-order valence-electron chi connectivity index (χ3n) is 3.57. The van der Waals surface area contributed by atoms with E-state index in [0.29, 0.717) is 10.5 Å². The molecule has 118 valence electrons. The minimum absolute atomic E-state index is 0.165. The van der Waals surface area contributed by atoms with Gasteiger partial charge in [0.2, 0.25) is 0 Å². The summed E-state index contributed by atoms with van der Waals surface area (Å²) < 4.78 is 5.52. The first-order chi connectivity index (χ1) is 10.4. The fraction of sp³-hybridized carbons (Fsp3) is 0.471. The lowest BCUT2D eigenvalue weighted by Crippen LogP contribution is -2.41. The third-order valence-corrected chi connectivity index (χ3v) is 4.55. The third kappa shape index (κ3) is 3.98. The van der Waals surface area contributed by atoms with Crippen molar-refractivity contribution in [2.24, 2.45) is 0 Å². The van der Waals surface area contributed by atoms with Crippen molar-refractivity contribution in [3.63, 3.8) is 0 Å². The van der Waals surface area contributed by atoms with Crippen molar-refractivity contribution in [1.29, 1.82) is 0 Å². The molecule has 0 saturated carbocycles. The molecule has 1 aliphatic rings. The van der Waals surface area contributed by atoms with E-state index in [1.807, 2.05) is 7.05 Å². The summed E-state index contributed by atoms with van der Waals surface area (Å²) >= 11 is 1.28. The smallest absolute Gasteiger partial charge is 0.357 e. The normalized spacial score (nSPS) is 18.9. The minimum Gasteiger partial charge on any atom is -0.459 e. The van der Waals surface area contributed by atoms with Gasteiger partial charge in [-0.25, -0.2) is 4.79 Å². The fourth-order valence-corrected chi connectivity index (χ4v) is 3.00. The number of hydrogen-bond acceptors (Lipinski definition) is 5. The first-order valence-corrected chi connectivity index (χ1v) is 8.14. The monoisotopic (exact) mass is 319 g/mol. The molecule has 0 amide bonds. The lowest BCUT2D eigenvalue weighted by molar-refractivity contribution is -0.167. The minimum atomic E-state index is -1.92. The summed E-state index contributed by atoms with van der Waals surface area (Å²) in [5.74, 6) is 4.63. The molecule has 0 aliphatic carbocycles. The van der Waals surface area contributed by atoms with Crippen molar-refractivity contribution in [2.75, 3.05) is 20.1 Å². The molecule has 1 atom stereocenters. The van der Waals surface area contributed by atoms with E-state index in [9.17, 15) is 9.90 Å². The summed E-state index contributed by atoms with van der Waals surface area (Å²) in [6.45, 7) is 7.17. The maximum atomic E-state index is 12.5. The lowest BCUT2D eigenvalue weighted by Gasteiger charge is -2.30. The zero-order valence-electron chi connectivity index (χ0n) is 13.0. The number of hydrogen-bond donors (Lipinski definition) is 1. The highest BCUT2D eigenvalue weighted by Gasteiger charge is 2.41. The molecule has 1 aromatic rings. The van der Waals surface area contributed by atoms with Gasteiger partial charge in [0.25, 0.3) is 5.60 Å². The summed E-state index contributed by atoms with van der Waals surface area (Å²) in [6.07, 6.45) is 1.38. The second kappa shape index (κ2) is 7.10. The molecular weight excluding hydrogens is 298 g/mol. The molecular formula is C17H21NO3S.